The maximum absolute atomic E-state index is 12.3. The summed E-state index contributed by atoms with van der Waals surface area (Å²) in [5.74, 6) is 0.575. The molecule has 112 valence electrons. The molecular formula is C17H23N3O. The molecule has 0 bridgehead atoms. The molecule has 1 amide bonds. The summed E-state index contributed by atoms with van der Waals surface area (Å²) in [4.78, 5) is 18.6. The van der Waals surface area contributed by atoms with Crippen molar-refractivity contribution in [2.45, 2.75) is 20.4 Å². The smallest absolute Gasteiger partial charge is 0.236 e. The molecule has 0 unspecified atom stereocenters. The van der Waals surface area contributed by atoms with Crippen LogP contribution >= 0.6 is 0 Å². The number of amides is 1. The number of aromatic nitrogens is 1. The highest BCUT2D eigenvalue weighted by Crippen LogP contribution is 2.18. The van der Waals surface area contributed by atoms with Crippen LogP contribution in [0.15, 0.2) is 36.5 Å². The molecule has 0 radical (unpaired) electrons. The molecule has 2 aromatic rings. The number of hydrogen-bond donors (Lipinski definition) is 1. The lowest BCUT2D eigenvalue weighted by Gasteiger charge is -2.25. The van der Waals surface area contributed by atoms with Gasteiger partial charge in [-0.2, -0.15) is 0 Å². The minimum atomic E-state index is 0.132. The van der Waals surface area contributed by atoms with Crippen molar-refractivity contribution in [3.63, 3.8) is 0 Å². The Labute approximate surface area is 126 Å². The van der Waals surface area contributed by atoms with E-state index in [2.05, 4.69) is 36.3 Å². The van der Waals surface area contributed by atoms with Gasteiger partial charge in [0.25, 0.3) is 0 Å². The van der Waals surface area contributed by atoms with Crippen molar-refractivity contribution in [1.29, 1.82) is 0 Å². The largest absolute Gasteiger partial charge is 0.337 e. The third kappa shape index (κ3) is 4.02. The van der Waals surface area contributed by atoms with Crippen LogP contribution < -0.4 is 5.32 Å². The number of nitrogens with zero attached hydrogens (tertiary/aromatic N) is 2. The first-order valence-corrected chi connectivity index (χ1v) is 7.36. The second kappa shape index (κ2) is 7.18. The molecule has 1 aromatic carbocycles. The summed E-state index contributed by atoms with van der Waals surface area (Å²) in [6.07, 6.45) is 1.80. The number of fused-ring (bicyclic) bond motifs is 1. The van der Waals surface area contributed by atoms with Crippen molar-refractivity contribution in [2.24, 2.45) is 5.92 Å². The summed E-state index contributed by atoms with van der Waals surface area (Å²) in [6.45, 7) is 6.02. The van der Waals surface area contributed by atoms with E-state index in [1.165, 1.54) is 0 Å². The van der Waals surface area contributed by atoms with Gasteiger partial charge in [0.15, 0.2) is 0 Å². The number of carbonyl (C=O) groups is 1. The van der Waals surface area contributed by atoms with Gasteiger partial charge in [0.1, 0.15) is 0 Å². The number of likely N-dealkylation sites (N-methyl/N-ethyl adjacent to an activating group) is 1. The van der Waals surface area contributed by atoms with E-state index in [1.807, 2.05) is 23.1 Å². The molecule has 1 N–H and O–H groups in total. The van der Waals surface area contributed by atoms with Gasteiger partial charge < -0.3 is 10.2 Å². The van der Waals surface area contributed by atoms with Gasteiger partial charge in [-0.3, -0.25) is 9.78 Å². The molecule has 4 heteroatoms. The number of carbonyl (C=O) groups excluding carboxylic acids is 1. The minimum absolute atomic E-state index is 0.132. The van der Waals surface area contributed by atoms with E-state index >= 15 is 0 Å². The van der Waals surface area contributed by atoms with Crippen molar-refractivity contribution in [2.75, 3.05) is 20.1 Å². The van der Waals surface area contributed by atoms with Gasteiger partial charge in [-0.1, -0.05) is 32.0 Å². The maximum atomic E-state index is 12.3. The summed E-state index contributed by atoms with van der Waals surface area (Å²) >= 11 is 0. The van der Waals surface area contributed by atoms with Crippen LogP contribution in [-0.4, -0.2) is 35.9 Å². The Balaban J connectivity index is 2.27. The lowest BCUT2D eigenvalue weighted by Crippen LogP contribution is -2.38. The quantitative estimate of drug-likeness (QED) is 0.886. The number of pyridine rings is 1. The predicted molar refractivity (Wildman–Crippen MR) is 85.9 cm³/mol. The Morgan fingerprint density at radius 2 is 2.10 bits per heavy atom. The van der Waals surface area contributed by atoms with Crippen LogP contribution in [0.5, 0.6) is 0 Å². The lowest BCUT2D eigenvalue weighted by molar-refractivity contribution is -0.131. The first kappa shape index (κ1) is 15.4. The standard InChI is InChI=1S/C17H23N3O/c1-13(2)11-20(17(21)10-18-3)12-14-6-4-8-16-15(14)7-5-9-19-16/h4-9,13,18H,10-12H2,1-3H3. The highest BCUT2D eigenvalue weighted by Gasteiger charge is 2.15. The number of hydrogen-bond acceptors (Lipinski definition) is 3. The fraction of sp³-hybridized carbons (Fsp3) is 0.412. The molecule has 0 aliphatic carbocycles. The minimum Gasteiger partial charge on any atom is -0.337 e. The zero-order chi connectivity index (χ0) is 15.2. The second-order valence-corrected chi connectivity index (χ2v) is 5.69. The van der Waals surface area contributed by atoms with E-state index in [1.54, 1.807) is 13.2 Å². The second-order valence-electron chi connectivity index (χ2n) is 5.69. The molecular weight excluding hydrogens is 262 g/mol. The van der Waals surface area contributed by atoms with Crippen LogP contribution in [-0.2, 0) is 11.3 Å². The summed E-state index contributed by atoms with van der Waals surface area (Å²) in [7, 11) is 1.80. The third-order valence-corrected chi connectivity index (χ3v) is 3.36. The van der Waals surface area contributed by atoms with Gasteiger partial charge in [0.05, 0.1) is 12.1 Å². The van der Waals surface area contributed by atoms with Crippen molar-refractivity contribution < 1.29 is 4.79 Å². The van der Waals surface area contributed by atoms with Crippen LogP contribution in [0.4, 0.5) is 0 Å². The Morgan fingerprint density at radius 1 is 1.29 bits per heavy atom. The van der Waals surface area contributed by atoms with E-state index < -0.39 is 0 Å². The van der Waals surface area contributed by atoms with Crippen LogP contribution in [0.1, 0.15) is 19.4 Å². The molecule has 0 spiro atoms. The third-order valence-electron chi connectivity index (χ3n) is 3.36. The fourth-order valence-electron chi connectivity index (χ4n) is 2.47. The van der Waals surface area contributed by atoms with Crippen LogP contribution in [0.2, 0.25) is 0 Å². The number of rotatable bonds is 6. The van der Waals surface area contributed by atoms with E-state index in [0.29, 0.717) is 19.0 Å². The van der Waals surface area contributed by atoms with E-state index in [9.17, 15) is 4.79 Å². The Hall–Kier alpha value is -1.94. The van der Waals surface area contributed by atoms with Crippen LogP contribution in [0, 0.1) is 5.92 Å². The molecule has 0 atom stereocenters. The van der Waals surface area contributed by atoms with Crippen LogP contribution in [0.25, 0.3) is 10.9 Å². The van der Waals surface area contributed by atoms with Gasteiger partial charge in [-0.25, -0.2) is 0 Å². The monoisotopic (exact) mass is 285 g/mol. The zero-order valence-electron chi connectivity index (χ0n) is 13.0. The molecule has 0 saturated heterocycles. The first-order chi connectivity index (χ1) is 10.1. The summed E-state index contributed by atoms with van der Waals surface area (Å²) in [5, 5.41) is 4.06. The molecule has 0 saturated carbocycles. The van der Waals surface area contributed by atoms with E-state index in [4.69, 9.17) is 0 Å². The summed E-state index contributed by atoms with van der Waals surface area (Å²) < 4.78 is 0. The average Bonchev–Trinajstić information content (AvgIpc) is 2.46. The molecule has 4 nitrogen and oxygen atoms in total. The SMILES string of the molecule is CNCC(=O)N(Cc1cccc2ncccc12)CC(C)C. The molecule has 1 aromatic heterocycles. The van der Waals surface area contributed by atoms with Gasteiger partial charge in [0.2, 0.25) is 5.91 Å². The molecule has 1 heterocycles. The highest BCUT2D eigenvalue weighted by molar-refractivity contribution is 5.83. The van der Waals surface area contributed by atoms with Crippen molar-refractivity contribution in [3.8, 4) is 0 Å². The predicted octanol–water partition coefficient (Wildman–Crippen LogP) is 2.44. The summed E-state index contributed by atoms with van der Waals surface area (Å²) in [5.41, 5.74) is 2.12. The molecule has 0 aliphatic rings. The van der Waals surface area contributed by atoms with Crippen molar-refractivity contribution in [1.82, 2.24) is 15.2 Å². The molecule has 0 fully saturated rings. The maximum Gasteiger partial charge on any atom is 0.236 e. The highest BCUT2D eigenvalue weighted by atomic mass is 16.2. The van der Waals surface area contributed by atoms with Gasteiger partial charge in [0, 0.05) is 24.7 Å². The van der Waals surface area contributed by atoms with Crippen LogP contribution in [0.3, 0.4) is 0 Å². The molecule has 21 heavy (non-hydrogen) atoms. The first-order valence-electron chi connectivity index (χ1n) is 7.36. The van der Waals surface area contributed by atoms with Crippen molar-refractivity contribution >= 4 is 16.8 Å². The summed E-state index contributed by atoms with van der Waals surface area (Å²) in [6, 6.07) is 10.1. The fourth-order valence-corrected chi connectivity index (χ4v) is 2.47. The van der Waals surface area contributed by atoms with E-state index in [0.717, 1.165) is 23.0 Å². The zero-order valence-corrected chi connectivity index (χ0v) is 13.0. The normalized spacial score (nSPS) is 11.0. The molecule has 2 rings (SSSR count). The lowest BCUT2D eigenvalue weighted by atomic mass is 10.1. The molecule has 0 aliphatic heterocycles. The number of benzene rings is 1. The topological polar surface area (TPSA) is 45.2 Å². The number of nitrogens with one attached hydrogen (secondary N) is 1. The van der Waals surface area contributed by atoms with Gasteiger partial charge in [-0.15, -0.1) is 0 Å². The van der Waals surface area contributed by atoms with Crippen molar-refractivity contribution in [3.05, 3.63) is 42.1 Å². The van der Waals surface area contributed by atoms with E-state index in [-0.39, 0.29) is 5.91 Å². The Morgan fingerprint density at radius 3 is 2.81 bits per heavy atom. The Bertz CT molecular complexity index is 605. The average molecular weight is 285 g/mol. The Kier molecular flexibility index (Phi) is 5.28. The van der Waals surface area contributed by atoms with Gasteiger partial charge >= 0.3 is 0 Å². The van der Waals surface area contributed by atoms with Gasteiger partial charge in [-0.05, 0) is 30.7 Å².